The molecule has 0 aliphatic heterocycles. The summed E-state index contributed by atoms with van der Waals surface area (Å²) in [6.45, 7) is 3.74. The summed E-state index contributed by atoms with van der Waals surface area (Å²) < 4.78 is 5.86. The molecule has 1 atom stereocenters. The zero-order valence-electron chi connectivity index (χ0n) is 16.0. The minimum absolute atomic E-state index is 0. The zero-order chi connectivity index (χ0) is 17.7. The van der Waals surface area contributed by atoms with E-state index in [0.29, 0.717) is 12.5 Å². The van der Waals surface area contributed by atoms with Gasteiger partial charge in [-0.15, -0.1) is 12.4 Å². The molecule has 3 heteroatoms. The van der Waals surface area contributed by atoms with Gasteiger partial charge in [-0.3, -0.25) is 0 Å². The van der Waals surface area contributed by atoms with E-state index in [1.54, 1.807) is 0 Å². The van der Waals surface area contributed by atoms with Gasteiger partial charge in [-0.05, 0) is 42.6 Å². The Bertz CT molecular complexity index is 571. The highest BCUT2D eigenvalue weighted by atomic mass is 35.5. The lowest BCUT2D eigenvalue weighted by atomic mass is 9.92. The molecule has 2 N–H and O–H groups in total. The fourth-order valence-electron chi connectivity index (χ4n) is 3.14. The molecule has 0 fully saturated rings. The van der Waals surface area contributed by atoms with Gasteiger partial charge in [0.05, 0.1) is 6.61 Å². The summed E-state index contributed by atoms with van der Waals surface area (Å²) in [5.41, 5.74) is 8.61. The highest BCUT2D eigenvalue weighted by Crippen LogP contribution is 2.21. The molecule has 0 amide bonds. The first-order valence-electron chi connectivity index (χ1n) is 9.80. The largest absolute Gasteiger partial charge is 0.494 e. The van der Waals surface area contributed by atoms with E-state index in [2.05, 4.69) is 55.5 Å². The van der Waals surface area contributed by atoms with Gasteiger partial charge in [0.1, 0.15) is 5.75 Å². The molecule has 2 rings (SSSR count). The monoisotopic (exact) mass is 375 g/mol. The second kappa shape index (κ2) is 13.7. The number of halogens is 1. The van der Waals surface area contributed by atoms with E-state index in [4.69, 9.17) is 10.5 Å². The zero-order valence-corrected chi connectivity index (χ0v) is 16.8. The van der Waals surface area contributed by atoms with Crippen LogP contribution in [0.4, 0.5) is 0 Å². The summed E-state index contributed by atoms with van der Waals surface area (Å²) >= 11 is 0. The van der Waals surface area contributed by atoms with E-state index in [0.717, 1.165) is 25.2 Å². The summed E-state index contributed by atoms with van der Waals surface area (Å²) in [6, 6.07) is 19.0. The maximum absolute atomic E-state index is 5.98. The smallest absolute Gasteiger partial charge is 0.119 e. The van der Waals surface area contributed by atoms with Gasteiger partial charge in [-0.1, -0.05) is 81.5 Å². The summed E-state index contributed by atoms with van der Waals surface area (Å²) in [5.74, 6) is 1.34. The average Bonchev–Trinajstić information content (AvgIpc) is 2.67. The minimum atomic E-state index is 0. The van der Waals surface area contributed by atoms with E-state index in [-0.39, 0.29) is 12.4 Å². The SMILES string of the molecule is CCCCCCCCOc1ccc(CC(CN)c2ccccc2)cc1.Cl. The van der Waals surface area contributed by atoms with Crippen LogP contribution in [0.2, 0.25) is 0 Å². The van der Waals surface area contributed by atoms with Crippen LogP contribution in [0.5, 0.6) is 5.75 Å². The quantitative estimate of drug-likeness (QED) is 0.452. The van der Waals surface area contributed by atoms with Crippen LogP contribution in [0, 0.1) is 0 Å². The Balaban J connectivity index is 0.00000338. The fourth-order valence-corrected chi connectivity index (χ4v) is 3.14. The van der Waals surface area contributed by atoms with Crippen molar-refractivity contribution in [1.29, 1.82) is 0 Å². The second-order valence-corrected chi connectivity index (χ2v) is 6.81. The highest BCUT2D eigenvalue weighted by Gasteiger charge is 2.10. The lowest BCUT2D eigenvalue weighted by Crippen LogP contribution is -2.14. The minimum Gasteiger partial charge on any atom is -0.494 e. The maximum Gasteiger partial charge on any atom is 0.119 e. The van der Waals surface area contributed by atoms with Gasteiger partial charge < -0.3 is 10.5 Å². The van der Waals surface area contributed by atoms with Crippen molar-refractivity contribution >= 4 is 12.4 Å². The number of hydrogen-bond acceptors (Lipinski definition) is 2. The molecule has 2 aromatic carbocycles. The van der Waals surface area contributed by atoms with Gasteiger partial charge in [-0.25, -0.2) is 0 Å². The van der Waals surface area contributed by atoms with Crippen molar-refractivity contribution in [3.63, 3.8) is 0 Å². The standard InChI is InChI=1S/C23H33NO.ClH/c1-2-3-4-5-6-10-17-25-23-15-13-20(14-16-23)18-22(19-24)21-11-8-7-9-12-21;/h7-9,11-16,22H,2-6,10,17-19,24H2,1H3;1H. The molecule has 26 heavy (non-hydrogen) atoms. The molecular formula is C23H34ClNO. The molecule has 0 aliphatic carbocycles. The van der Waals surface area contributed by atoms with Crippen LogP contribution in [0.15, 0.2) is 54.6 Å². The van der Waals surface area contributed by atoms with Crippen LogP contribution in [0.25, 0.3) is 0 Å². The number of rotatable bonds is 12. The van der Waals surface area contributed by atoms with Crippen molar-refractivity contribution in [1.82, 2.24) is 0 Å². The van der Waals surface area contributed by atoms with E-state index in [9.17, 15) is 0 Å². The molecule has 0 heterocycles. The molecule has 0 aromatic heterocycles. The van der Waals surface area contributed by atoms with Crippen molar-refractivity contribution in [3.05, 3.63) is 65.7 Å². The van der Waals surface area contributed by atoms with Crippen LogP contribution in [-0.4, -0.2) is 13.2 Å². The molecule has 144 valence electrons. The third-order valence-corrected chi connectivity index (χ3v) is 4.73. The van der Waals surface area contributed by atoms with Gasteiger partial charge in [0.25, 0.3) is 0 Å². The Morgan fingerprint density at radius 1 is 0.846 bits per heavy atom. The topological polar surface area (TPSA) is 35.2 Å². The second-order valence-electron chi connectivity index (χ2n) is 6.81. The molecule has 2 nitrogen and oxygen atoms in total. The van der Waals surface area contributed by atoms with Gasteiger partial charge in [0.15, 0.2) is 0 Å². The molecule has 2 aromatic rings. The predicted molar refractivity (Wildman–Crippen MR) is 115 cm³/mol. The van der Waals surface area contributed by atoms with Crippen LogP contribution in [0.3, 0.4) is 0 Å². The van der Waals surface area contributed by atoms with Gasteiger partial charge in [0, 0.05) is 5.92 Å². The lowest BCUT2D eigenvalue weighted by Gasteiger charge is -2.15. The first-order valence-corrected chi connectivity index (χ1v) is 9.80. The molecule has 0 bridgehead atoms. The molecular weight excluding hydrogens is 342 g/mol. The Kier molecular flexibility index (Phi) is 11.8. The van der Waals surface area contributed by atoms with E-state index in [1.807, 2.05) is 6.07 Å². The molecule has 0 radical (unpaired) electrons. The lowest BCUT2D eigenvalue weighted by molar-refractivity contribution is 0.304. The van der Waals surface area contributed by atoms with Gasteiger partial charge in [0.2, 0.25) is 0 Å². The fraction of sp³-hybridized carbons (Fsp3) is 0.478. The van der Waals surface area contributed by atoms with Crippen LogP contribution < -0.4 is 10.5 Å². The van der Waals surface area contributed by atoms with Gasteiger partial charge in [-0.2, -0.15) is 0 Å². The maximum atomic E-state index is 5.98. The first-order chi connectivity index (χ1) is 12.3. The van der Waals surface area contributed by atoms with E-state index in [1.165, 1.54) is 43.2 Å². The van der Waals surface area contributed by atoms with Crippen molar-refractivity contribution in [3.8, 4) is 5.75 Å². The third kappa shape index (κ3) is 8.25. The molecule has 0 spiro atoms. The molecule has 0 aliphatic rings. The Labute approximate surface area is 165 Å². The van der Waals surface area contributed by atoms with Gasteiger partial charge >= 0.3 is 0 Å². The molecule has 0 saturated heterocycles. The summed E-state index contributed by atoms with van der Waals surface area (Å²) in [4.78, 5) is 0. The predicted octanol–water partition coefficient (Wildman–Crippen LogP) is 6.13. The Morgan fingerprint density at radius 2 is 1.50 bits per heavy atom. The number of hydrogen-bond donors (Lipinski definition) is 1. The number of ether oxygens (including phenoxy) is 1. The summed E-state index contributed by atoms with van der Waals surface area (Å²) in [7, 11) is 0. The van der Waals surface area contributed by atoms with Crippen molar-refractivity contribution in [2.45, 2.75) is 57.8 Å². The normalized spacial score (nSPS) is 11.6. The van der Waals surface area contributed by atoms with Crippen molar-refractivity contribution in [2.24, 2.45) is 5.73 Å². The number of benzene rings is 2. The molecule has 0 saturated carbocycles. The van der Waals surface area contributed by atoms with Crippen LogP contribution >= 0.6 is 12.4 Å². The van der Waals surface area contributed by atoms with Crippen LogP contribution in [-0.2, 0) is 6.42 Å². The van der Waals surface area contributed by atoms with E-state index >= 15 is 0 Å². The molecule has 1 unspecified atom stereocenters. The highest BCUT2D eigenvalue weighted by molar-refractivity contribution is 5.85. The first kappa shape index (κ1) is 22.5. The number of unbranched alkanes of at least 4 members (excludes halogenated alkanes) is 5. The van der Waals surface area contributed by atoms with Crippen molar-refractivity contribution in [2.75, 3.05) is 13.2 Å². The summed E-state index contributed by atoms with van der Waals surface area (Å²) in [6.07, 6.45) is 8.73. The third-order valence-electron chi connectivity index (χ3n) is 4.73. The average molecular weight is 376 g/mol. The van der Waals surface area contributed by atoms with E-state index < -0.39 is 0 Å². The Hall–Kier alpha value is -1.51. The van der Waals surface area contributed by atoms with Crippen molar-refractivity contribution < 1.29 is 4.74 Å². The summed E-state index contributed by atoms with van der Waals surface area (Å²) in [5, 5.41) is 0. The van der Waals surface area contributed by atoms with Crippen LogP contribution in [0.1, 0.15) is 62.5 Å². The Morgan fingerprint density at radius 3 is 2.15 bits per heavy atom. The number of nitrogens with two attached hydrogens (primary N) is 1.